The lowest BCUT2D eigenvalue weighted by molar-refractivity contribution is -0.159. The van der Waals surface area contributed by atoms with E-state index in [1.807, 2.05) is 81.4 Å². The van der Waals surface area contributed by atoms with Gasteiger partial charge < -0.3 is 34.1 Å². The summed E-state index contributed by atoms with van der Waals surface area (Å²) in [6.45, 7) is 11.6. The maximum Gasteiger partial charge on any atom is 0.408 e. The molecule has 1 N–H and O–H groups in total. The Morgan fingerprint density at radius 2 is 1.59 bits per heavy atom. The Kier molecular flexibility index (Phi) is 11.4. The van der Waals surface area contributed by atoms with E-state index in [0.29, 0.717) is 26.1 Å². The fourth-order valence-electron chi connectivity index (χ4n) is 5.58. The van der Waals surface area contributed by atoms with Crippen molar-refractivity contribution >= 4 is 23.9 Å². The van der Waals surface area contributed by atoms with Crippen molar-refractivity contribution in [3.63, 3.8) is 0 Å². The third-order valence-electron chi connectivity index (χ3n) is 7.86. The molecule has 0 radical (unpaired) electrons. The van der Waals surface area contributed by atoms with Gasteiger partial charge in [-0.25, -0.2) is 9.59 Å². The number of hydrogen-bond donors (Lipinski definition) is 1. The maximum atomic E-state index is 14.3. The summed E-state index contributed by atoms with van der Waals surface area (Å²) >= 11 is 0. The minimum Gasteiger partial charge on any atom is -0.459 e. The predicted octanol–water partition coefficient (Wildman–Crippen LogP) is 4.26. The molecule has 2 heterocycles. The summed E-state index contributed by atoms with van der Waals surface area (Å²) in [5.41, 5.74) is 0.316. The minimum absolute atomic E-state index is 0.0962. The first-order valence-electron chi connectivity index (χ1n) is 15.8. The number of ether oxygens (including phenoxy) is 4. The van der Waals surface area contributed by atoms with Crippen molar-refractivity contribution in [3.8, 4) is 0 Å². The van der Waals surface area contributed by atoms with E-state index in [-0.39, 0.29) is 31.8 Å². The number of benzene rings is 2. The van der Waals surface area contributed by atoms with Crippen LogP contribution in [0.1, 0.15) is 65.2 Å². The summed E-state index contributed by atoms with van der Waals surface area (Å²) in [7, 11) is 0. The lowest BCUT2D eigenvalue weighted by Crippen LogP contribution is -2.60. The molecule has 2 fully saturated rings. The molecule has 0 spiro atoms. The van der Waals surface area contributed by atoms with Gasteiger partial charge in [0, 0.05) is 13.1 Å². The van der Waals surface area contributed by atoms with Gasteiger partial charge >= 0.3 is 12.1 Å². The third-order valence-corrected chi connectivity index (χ3v) is 7.86. The van der Waals surface area contributed by atoms with Crippen LogP contribution < -0.4 is 5.32 Å². The Morgan fingerprint density at radius 3 is 2.22 bits per heavy atom. The van der Waals surface area contributed by atoms with Crippen LogP contribution in [0.4, 0.5) is 4.79 Å². The first-order chi connectivity index (χ1) is 21.7. The second kappa shape index (κ2) is 15.1. The number of esters is 1. The van der Waals surface area contributed by atoms with Gasteiger partial charge in [0.25, 0.3) is 0 Å². The van der Waals surface area contributed by atoms with Crippen LogP contribution in [-0.4, -0.2) is 90.3 Å². The van der Waals surface area contributed by atoms with Crippen molar-refractivity contribution in [2.45, 2.75) is 84.5 Å². The molecule has 3 amide bonds. The molecule has 2 aromatic rings. The monoisotopic (exact) mass is 637 g/mol. The summed E-state index contributed by atoms with van der Waals surface area (Å²) in [6.07, 6.45) is -1.49. The zero-order valence-electron chi connectivity index (χ0n) is 27.7. The second-order valence-electron chi connectivity index (χ2n) is 13.8. The molecule has 0 aliphatic carbocycles. The van der Waals surface area contributed by atoms with Gasteiger partial charge in [0.1, 0.15) is 37.0 Å². The Morgan fingerprint density at radius 1 is 0.935 bits per heavy atom. The van der Waals surface area contributed by atoms with Gasteiger partial charge in [0.2, 0.25) is 11.8 Å². The molecule has 2 aliphatic rings. The molecule has 0 unspecified atom stereocenters. The number of carbonyl (C=O) groups is 4. The second-order valence-corrected chi connectivity index (χ2v) is 13.8. The number of alkyl carbamates (subject to hydrolysis) is 1. The van der Waals surface area contributed by atoms with Gasteiger partial charge in [-0.3, -0.25) is 9.59 Å². The molecule has 0 aromatic heterocycles. The van der Waals surface area contributed by atoms with Gasteiger partial charge in [-0.1, -0.05) is 81.4 Å². The van der Waals surface area contributed by atoms with E-state index in [1.165, 1.54) is 4.90 Å². The molecule has 2 aliphatic heterocycles. The van der Waals surface area contributed by atoms with E-state index < -0.39 is 47.2 Å². The summed E-state index contributed by atoms with van der Waals surface area (Å²) < 4.78 is 22.9. The Labute approximate surface area is 271 Å². The van der Waals surface area contributed by atoms with Crippen molar-refractivity contribution in [1.29, 1.82) is 0 Å². The molecule has 4 atom stereocenters. The van der Waals surface area contributed by atoms with E-state index in [2.05, 4.69) is 5.32 Å². The van der Waals surface area contributed by atoms with Crippen molar-refractivity contribution in [2.24, 2.45) is 5.41 Å². The van der Waals surface area contributed by atoms with E-state index in [4.69, 9.17) is 18.9 Å². The highest BCUT2D eigenvalue weighted by atomic mass is 16.6. The molecule has 4 rings (SSSR count). The number of carbonyl (C=O) groups excluding carboxylic acids is 4. The van der Waals surface area contributed by atoms with Crippen molar-refractivity contribution in [3.05, 3.63) is 71.8 Å². The highest BCUT2D eigenvalue weighted by molar-refractivity contribution is 5.93. The van der Waals surface area contributed by atoms with Gasteiger partial charge in [-0.2, -0.15) is 0 Å². The SMILES string of the molecule is CC(C)(C)OC(=O)N[C@H](C(=O)N1CC[C@@H](OCC(=O)OCc2ccccc2)[C@H]1C(=O)N1CCO[C@H](c2ccccc2)C1)C(C)(C)C. The smallest absolute Gasteiger partial charge is 0.408 e. The first kappa shape index (κ1) is 34.9. The van der Waals surface area contributed by atoms with Crippen LogP contribution in [0.5, 0.6) is 0 Å². The Balaban J connectivity index is 1.53. The molecule has 2 saturated heterocycles. The molecule has 0 saturated carbocycles. The first-order valence-corrected chi connectivity index (χ1v) is 15.8. The predicted molar refractivity (Wildman–Crippen MR) is 170 cm³/mol. The van der Waals surface area contributed by atoms with Crippen LogP contribution in [0, 0.1) is 5.41 Å². The van der Waals surface area contributed by atoms with E-state index >= 15 is 0 Å². The van der Waals surface area contributed by atoms with Gasteiger partial charge in [-0.15, -0.1) is 0 Å². The zero-order chi connectivity index (χ0) is 33.5. The van der Waals surface area contributed by atoms with Gasteiger partial charge in [-0.05, 0) is 43.7 Å². The quantitative estimate of drug-likeness (QED) is 0.405. The molecule has 46 heavy (non-hydrogen) atoms. The fraction of sp³-hybridized carbons (Fsp3) is 0.543. The van der Waals surface area contributed by atoms with Gasteiger partial charge in [0.05, 0.1) is 19.3 Å². The highest BCUT2D eigenvalue weighted by Crippen LogP contribution is 2.30. The molecule has 11 nitrogen and oxygen atoms in total. The number of nitrogens with one attached hydrogen (secondary N) is 1. The summed E-state index contributed by atoms with van der Waals surface area (Å²) in [5, 5.41) is 2.74. The van der Waals surface area contributed by atoms with Crippen LogP contribution >= 0.6 is 0 Å². The van der Waals surface area contributed by atoms with Crippen LogP contribution in [0.3, 0.4) is 0 Å². The number of hydrogen-bond acceptors (Lipinski definition) is 8. The molecule has 250 valence electrons. The Hall–Kier alpha value is -3.96. The lowest BCUT2D eigenvalue weighted by atomic mass is 9.85. The lowest BCUT2D eigenvalue weighted by Gasteiger charge is -2.39. The number of amides is 3. The Bertz CT molecular complexity index is 1340. The number of nitrogens with zero attached hydrogens (tertiary/aromatic N) is 2. The number of morpholine rings is 1. The highest BCUT2D eigenvalue weighted by Gasteiger charge is 2.49. The van der Waals surface area contributed by atoms with E-state index in [1.54, 1.807) is 25.7 Å². The van der Waals surface area contributed by atoms with Crippen LogP contribution in [-0.2, 0) is 39.9 Å². The average molecular weight is 638 g/mol. The number of likely N-dealkylation sites (tertiary alicyclic amines) is 1. The summed E-state index contributed by atoms with van der Waals surface area (Å²) in [4.78, 5) is 57.2. The standard InChI is InChI=1S/C35H47N3O8/c1-34(2,3)30(36-33(42)46-35(4,5)6)32(41)38-18-17-26(44-23-28(39)45-22-24-13-9-7-10-14-24)29(38)31(40)37-19-20-43-27(21-37)25-15-11-8-12-16-25/h7-16,26-27,29-30H,17-23H2,1-6H3,(H,36,42)/t26-,27+,29+,30-/m1/s1. The molecule has 0 bridgehead atoms. The van der Waals surface area contributed by atoms with Crippen molar-refractivity contribution < 1.29 is 38.1 Å². The minimum atomic E-state index is -1.02. The average Bonchev–Trinajstić information content (AvgIpc) is 3.44. The van der Waals surface area contributed by atoms with E-state index in [0.717, 1.165) is 11.1 Å². The molecule has 2 aromatic carbocycles. The van der Waals surface area contributed by atoms with Crippen molar-refractivity contribution in [2.75, 3.05) is 32.8 Å². The fourth-order valence-corrected chi connectivity index (χ4v) is 5.58. The molecular weight excluding hydrogens is 590 g/mol. The zero-order valence-corrected chi connectivity index (χ0v) is 27.7. The number of rotatable bonds is 9. The largest absolute Gasteiger partial charge is 0.459 e. The van der Waals surface area contributed by atoms with Gasteiger partial charge in [0.15, 0.2) is 0 Å². The normalized spacial score (nSPS) is 21.0. The summed E-state index contributed by atoms with van der Waals surface area (Å²) in [6, 6.07) is 16.9. The maximum absolute atomic E-state index is 14.3. The van der Waals surface area contributed by atoms with Crippen LogP contribution in [0.2, 0.25) is 0 Å². The molecule has 11 heteroatoms. The van der Waals surface area contributed by atoms with Crippen LogP contribution in [0.25, 0.3) is 0 Å². The van der Waals surface area contributed by atoms with E-state index in [9.17, 15) is 19.2 Å². The van der Waals surface area contributed by atoms with Crippen LogP contribution in [0.15, 0.2) is 60.7 Å². The topological polar surface area (TPSA) is 124 Å². The van der Waals surface area contributed by atoms with Crippen molar-refractivity contribution in [1.82, 2.24) is 15.1 Å². The molecular formula is C35H47N3O8. The summed E-state index contributed by atoms with van der Waals surface area (Å²) in [5.74, 6) is -1.31. The third kappa shape index (κ3) is 9.53.